The summed E-state index contributed by atoms with van der Waals surface area (Å²) >= 11 is -2.35. The van der Waals surface area contributed by atoms with Crippen molar-refractivity contribution in [2.45, 2.75) is 26.7 Å². The minimum absolute atomic E-state index is 0.521. The van der Waals surface area contributed by atoms with Crippen LogP contribution in [0, 0.1) is 6.92 Å². The molecule has 1 nitrogen and oxygen atoms in total. The summed E-state index contributed by atoms with van der Waals surface area (Å²) in [5.74, 6) is 0.521. The average Bonchev–Trinajstić information content (AvgIpc) is 3.17. The van der Waals surface area contributed by atoms with Crippen LogP contribution in [0.3, 0.4) is 0 Å². The Kier molecular flexibility index (Phi) is 5.15. The molecule has 5 aromatic rings. The molecule has 0 aliphatic carbocycles. The molecule has 160 valence electrons. The van der Waals surface area contributed by atoms with Crippen LogP contribution in [0.5, 0.6) is 0 Å². The Balaban J connectivity index is 1.54. The molecule has 1 aliphatic heterocycles. The van der Waals surface area contributed by atoms with Gasteiger partial charge < -0.3 is 0 Å². The van der Waals surface area contributed by atoms with Gasteiger partial charge in [-0.2, -0.15) is 0 Å². The van der Waals surface area contributed by atoms with Crippen LogP contribution in [-0.2, 0) is 0 Å². The van der Waals surface area contributed by atoms with Crippen molar-refractivity contribution in [3.05, 3.63) is 108 Å². The maximum atomic E-state index is 4.87. The molecular weight excluding hydrogens is 595 g/mol. The summed E-state index contributed by atoms with van der Waals surface area (Å²) in [6, 6.07) is 34.3. The molecule has 33 heavy (non-hydrogen) atoms. The Morgan fingerprint density at radius 1 is 0.727 bits per heavy atom. The molecule has 0 saturated carbocycles. The van der Waals surface area contributed by atoms with Crippen LogP contribution in [0.15, 0.2) is 97.2 Å². The van der Waals surface area contributed by atoms with Gasteiger partial charge in [0.05, 0.1) is 0 Å². The van der Waals surface area contributed by atoms with Gasteiger partial charge >= 0.3 is 205 Å². The van der Waals surface area contributed by atoms with Crippen LogP contribution < -0.4 is 9.81 Å². The SMILES string of the molecule is Cc1cc(-c2nccc3cc(C(C)C)ccc23)c[c]([Bi]2[c]3ccccc3-c3cccc[c]32)c1. The van der Waals surface area contributed by atoms with Crippen molar-refractivity contribution in [3.8, 4) is 22.4 Å². The van der Waals surface area contributed by atoms with Crippen LogP contribution >= 0.6 is 0 Å². The first kappa shape index (κ1) is 20.8. The van der Waals surface area contributed by atoms with Crippen molar-refractivity contribution in [2.75, 3.05) is 0 Å². The second-order valence-electron chi connectivity index (χ2n) is 9.22. The Morgan fingerprint density at radius 3 is 2.12 bits per heavy atom. The number of aromatic nitrogens is 1. The molecule has 4 aromatic carbocycles. The number of pyridine rings is 1. The number of hydrogen-bond donors (Lipinski definition) is 0. The van der Waals surface area contributed by atoms with Crippen LogP contribution in [0.1, 0.15) is 30.9 Å². The Bertz CT molecular complexity index is 1470. The van der Waals surface area contributed by atoms with Crippen LogP contribution in [0.4, 0.5) is 0 Å². The molecule has 2 heterocycles. The third-order valence-electron chi connectivity index (χ3n) is 6.63. The van der Waals surface area contributed by atoms with E-state index in [0.29, 0.717) is 5.92 Å². The van der Waals surface area contributed by atoms with E-state index >= 15 is 0 Å². The van der Waals surface area contributed by atoms with Crippen molar-refractivity contribution >= 4 is 42.3 Å². The van der Waals surface area contributed by atoms with Gasteiger partial charge in [0.1, 0.15) is 0 Å². The van der Waals surface area contributed by atoms with Gasteiger partial charge in [-0.1, -0.05) is 0 Å². The van der Waals surface area contributed by atoms with Gasteiger partial charge in [-0.3, -0.25) is 0 Å². The summed E-state index contributed by atoms with van der Waals surface area (Å²) in [6.45, 7) is 6.73. The molecule has 0 radical (unpaired) electrons. The van der Waals surface area contributed by atoms with Gasteiger partial charge in [0.15, 0.2) is 0 Å². The fourth-order valence-corrected chi connectivity index (χ4v) is 15.7. The maximum absolute atomic E-state index is 4.87. The van der Waals surface area contributed by atoms with E-state index in [1.165, 1.54) is 41.9 Å². The van der Waals surface area contributed by atoms with Gasteiger partial charge in [-0.25, -0.2) is 0 Å². The standard InChI is InChI=1S/C19H18N.C12H8.Bi/c1-13(2)15-7-8-18-16(12-15)9-10-20-19(18)17-6-4-5-14(3)11-17;1-3-7-11(8-4-1)12-9-5-2-6-10-12;/h5-13H,1-3H3;1-7,9H;. The van der Waals surface area contributed by atoms with E-state index in [4.69, 9.17) is 4.98 Å². The summed E-state index contributed by atoms with van der Waals surface area (Å²) in [5, 5.41) is 2.51. The molecule has 0 fully saturated rings. The molecule has 2 heteroatoms. The Labute approximate surface area is 203 Å². The molecule has 0 saturated heterocycles. The van der Waals surface area contributed by atoms with Crippen molar-refractivity contribution < 1.29 is 0 Å². The van der Waals surface area contributed by atoms with Crippen molar-refractivity contribution in [1.82, 2.24) is 4.98 Å². The van der Waals surface area contributed by atoms with Crippen molar-refractivity contribution in [3.63, 3.8) is 0 Å². The summed E-state index contributed by atoms with van der Waals surface area (Å²) in [5.41, 5.74) is 7.91. The number of nitrogens with zero attached hydrogens (tertiary/aromatic N) is 1. The fraction of sp³-hybridized carbons (Fsp3) is 0.129. The predicted octanol–water partition coefficient (Wildman–Crippen LogP) is 5.83. The topological polar surface area (TPSA) is 12.9 Å². The van der Waals surface area contributed by atoms with E-state index < -0.39 is 21.8 Å². The van der Waals surface area contributed by atoms with E-state index in [1.807, 2.05) is 6.20 Å². The van der Waals surface area contributed by atoms with Gasteiger partial charge in [0.25, 0.3) is 0 Å². The minimum atomic E-state index is -2.35. The third kappa shape index (κ3) is 3.52. The number of benzene rings is 4. The van der Waals surface area contributed by atoms with Gasteiger partial charge in [-0.15, -0.1) is 0 Å². The molecule has 0 unspecified atom stereocenters. The van der Waals surface area contributed by atoms with Gasteiger partial charge in [0.2, 0.25) is 0 Å². The van der Waals surface area contributed by atoms with E-state index in [2.05, 4.69) is 112 Å². The molecule has 0 spiro atoms. The first-order valence-corrected chi connectivity index (χ1v) is 16.8. The van der Waals surface area contributed by atoms with Crippen molar-refractivity contribution in [2.24, 2.45) is 0 Å². The van der Waals surface area contributed by atoms with Gasteiger partial charge in [0, 0.05) is 0 Å². The molecule has 1 aromatic heterocycles. The second-order valence-corrected chi connectivity index (χ2v) is 17.6. The molecule has 0 bridgehead atoms. The Morgan fingerprint density at radius 2 is 1.42 bits per heavy atom. The van der Waals surface area contributed by atoms with Crippen LogP contribution in [-0.4, -0.2) is 26.7 Å². The molecule has 1 aliphatic rings. The second kappa shape index (κ2) is 8.19. The summed E-state index contributed by atoms with van der Waals surface area (Å²) in [4.78, 5) is 4.87. The first-order chi connectivity index (χ1) is 16.1. The number of rotatable bonds is 3. The molecular formula is C31H26BiN. The van der Waals surface area contributed by atoms with Crippen molar-refractivity contribution in [1.29, 1.82) is 0 Å². The van der Waals surface area contributed by atoms with E-state index in [9.17, 15) is 0 Å². The Hall–Kier alpha value is -2.83. The number of fused-ring (bicyclic) bond motifs is 4. The van der Waals surface area contributed by atoms with E-state index in [1.54, 1.807) is 6.54 Å². The van der Waals surface area contributed by atoms with E-state index in [-0.39, 0.29) is 0 Å². The fourth-order valence-electron chi connectivity index (χ4n) is 5.01. The molecule has 0 amide bonds. The van der Waals surface area contributed by atoms with Gasteiger partial charge in [-0.05, 0) is 0 Å². The quantitative estimate of drug-likeness (QED) is 0.227. The zero-order valence-corrected chi connectivity index (χ0v) is 22.7. The zero-order valence-electron chi connectivity index (χ0n) is 19.2. The summed E-state index contributed by atoms with van der Waals surface area (Å²) < 4.78 is 4.73. The summed E-state index contributed by atoms with van der Waals surface area (Å²) in [7, 11) is 0. The number of hydrogen-bond acceptors (Lipinski definition) is 1. The number of aryl methyl sites for hydroxylation is 1. The van der Waals surface area contributed by atoms with Crippen LogP contribution in [0.2, 0.25) is 0 Å². The first-order valence-electron chi connectivity index (χ1n) is 11.6. The average molecular weight is 622 g/mol. The normalized spacial score (nSPS) is 12.8. The zero-order chi connectivity index (χ0) is 22.5. The van der Waals surface area contributed by atoms with E-state index in [0.717, 1.165) is 5.69 Å². The summed E-state index contributed by atoms with van der Waals surface area (Å²) in [6.07, 6.45) is 1.96. The third-order valence-corrected chi connectivity index (χ3v) is 16.4. The van der Waals surface area contributed by atoms with Crippen LogP contribution in [0.25, 0.3) is 33.2 Å². The predicted molar refractivity (Wildman–Crippen MR) is 143 cm³/mol. The molecule has 6 rings (SSSR count). The molecule has 0 atom stereocenters. The monoisotopic (exact) mass is 621 g/mol. The molecule has 0 N–H and O–H groups in total.